The summed E-state index contributed by atoms with van der Waals surface area (Å²) in [6.07, 6.45) is 0. The predicted molar refractivity (Wildman–Crippen MR) is 34.3 cm³/mol. The van der Waals surface area contributed by atoms with Gasteiger partial charge in [0, 0.05) is 0 Å². The van der Waals surface area contributed by atoms with Crippen molar-refractivity contribution < 1.29 is 35.2 Å². The minimum absolute atomic E-state index is 0. The van der Waals surface area contributed by atoms with Crippen LogP contribution in [0, 0.1) is 0 Å². The van der Waals surface area contributed by atoms with Gasteiger partial charge in [0.15, 0.2) is 0 Å². The van der Waals surface area contributed by atoms with Gasteiger partial charge < -0.3 is 0 Å². The van der Waals surface area contributed by atoms with Gasteiger partial charge in [-0.25, -0.2) is 0 Å². The topological polar surface area (TPSA) is 229 Å². The Morgan fingerprint density at radius 3 is 0.412 bits per heavy atom. The van der Waals surface area contributed by atoms with Crippen molar-refractivity contribution in [2.24, 2.45) is 0 Å². The van der Waals surface area contributed by atoms with Crippen LogP contribution in [0.25, 0.3) is 0 Å². The SMILES string of the molecule is [Ge+4].[O]=[Bi](=[O])[O-].[O]=[Bi](=[O])[O-].[O]=[Bi](=[O])[O-].[O]=[Bi](=[O])[O-]. The molecule has 0 aliphatic carbocycles. The second-order valence-corrected chi connectivity index (χ2v) is 7.85. The Hall–Kier alpha value is 2.32. The molecular formula is Bi4GeO12. The van der Waals surface area contributed by atoms with Crippen molar-refractivity contribution in [3.8, 4) is 0 Å². The Kier molecular flexibility index (Phi) is 49.8. The summed E-state index contributed by atoms with van der Waals surface area (Å²) in [5.74, 6) is 0. The van der Waals surface area contributed by atoms with Crippen LogP contribution in [0.1, 0.15) is 0 Å². The number of hydrogen-bond donors (Lipinski definition) is 0. The van der Waals surface area contributed by atoms with E-state index in [9.17, 15) is 0 Å². The molecule has 0 aromatic rings. The second-order valence-electron chi connectivity index (χ2n) is 0.894. The first kappa shape index (κ1) is 31.6. The van der Waals surface area contributed by atoms with Gasteiger partial charge in [-0.2, -0.15) is 0 Å². The molecular weight excluding hydrogens is 1100 g/mol. The van der Waals surface area contributed by atoms with Crippen LogP contribution in [-0.4, -0.2) is 106 Å². The molecule has 0 unspecified atom stereocenters. The Morgan fingerprint density at radius 2 is 0.412 bits per heavy atom. The van der Waals surface area contributed by atoms with Crippen LogP contribution in [0.15, 0.2) is 0 Å². The van der Waals surface area contributed by atoms with Gasteiger partial charge in [0.05, 0.1) is 0 Å². The zero-order valence-corrected chi connectivity index (χ0v) is 23.2. The van der Waals surface area contributed by atoms with Crippen molar-refractivity contribution >= 4 is 106 Å². The first-order valence-corrected chi connectivity index (χ1v) is 19.2. The molecule has 96 valence electrons. The molecule has 0 aliphatic rings. The van der Waals surface area contributed by atoms with Crippen LogP contribution < -0.4 is 12.7 Å². The van der Waals surface area contributed by atoms with E-state index in [1.807, 2.05) is 0 Å². The fourth-order valence-corrected chi connectivity index (χ4v) is 0. The Morgan fingerprint density at radius 1 is 0.412 bits per heavy atom. The molecule has 0 bridgehead atoms. The van der Waals surface area contributed by atoms with Gasteiger partial charge in [-0.3, -0.25) is 0 Å². The molecule has 0 spiro atoms. The van der Waals surface area contributed by atoms with E-state index < -0.39 is 88.8 Å². The Balaban J connectivity index is -0.0000000369. The molecule has 0 aliphatic heterocycles. The molecule has 0 N–H and O–H groups in total. The Bertz CT molecular complexity index is 292. The summed E-state index contributed by atoms with van der Waals surface area (Å²) in [4.78, 5) is 0. The van der Waals surface area contributed by atoms with E-state index in [0.717, 1.165) is 0 Å². The monoisotopic (exact) mass is 1100 g/mol. The fraction of sp³-hybridized carbons (Fsp3) is 0. The molecule has 12 nitrogen and oxygen atoms in total. The van der Waals surface area contributed by atoms with Crippen LogP contribution in [-0.2, 0) is 22.5 Å². The van der Waals surface area contributed by atoms with Crippen molar-refractivity contribution in [1.29, 1.82) is 0 Å². The molecule has 17 heteroatoms. The third-order valence-corrected chi connectivity index (χ3v) is 0. The van der Waals surface area contributed by atoms with Gasteiger partial charge in [-0.1, -0.05) is 0 Å². The predicted octanol–water partition coefficient (Wildman–Crippen LogP) is -7.61. The van der Waals surface area contributed by atoms with Crippen molar-refractivity contribution in [2.75, 3.05) is 0 Å². The van der Waals surface area contributed by atoms with Crippen molar-refractivity contribution in [1.82, 2.24) is 0 Å². The maximum absolute atomic E-state index is 8.62. The van der Waals surface area contributed by atoms with Crippen LogP contribution in [0.2, 0.25) is 0 Å². The van der Waals surface area contributed by atoms with E-state index in [1.165, 1.54) is 0 Å². The maximum atomic E-state index is 8.62. The molecule has 0 radical (unpaired) electrons. The van der Waals surface area contributed by atoms with E-state index in [4.69, 9.17) is 35.2 Å². The summed E-state index contributed by atoms with van der Waals surface area (Å²) < 4.78 is 103. The Labute approximate surface area is 139 Å². The fourth-order valence-electron chi connectivity index (χ4n) is 0. The minimum atomic E-state index is -4.34. The summed E-state index contributed by atoms with van der Waals surface area (Å²) in [6, 6.07) is 0. The molecule has 0 atom stereocenters. The van der Waals surface area contributed by atoms with E-state index in [0.29, 0.717) is 0 Å². The summed E-state index contributed by atoms with van der Waals surface area (Å²) in [5.41, 5.74) is 0. The molecule has 0 aromatic heterocycles. The van der Waals surface area contributed by atoms with Crippen LogP contribution >= 0.6 is 0 Å². The van der Waals surface area contributed by atoms with Crippen LogP contribution in [0.3, 0.4) is 0 Å². The van der Waals surface area contributed by atoms with Crippen molar-refractivity contribution in [3.05, 3.63) is 0 Å². The number of rotatable bonds is 0. The molecule has 0 heterocycles. The summed E-state index contributed by atoms with van der Waals surface area (Å²) in [7, 11) is 0. The van der Waals surface area contributed by atoms with Gasteiger partial charge >= 0.3 is 142 Å². The third kappa shape index (κ3) is 909. The van der Waals surface area contributed by atoms with Gasteiger partial charge in [0.1, 0.15) is 0 Å². The molecule has 0 saturated carbocycles. The molecule has 0 amide bonds. The molecule has 0 rings (SSSR count). The zero-order valence-electron chi connectivity index (χ0n) is 7.19. The summed E-state index contributed by atoms with van der Waals surface area (Å²) in [6.45, 7) is 0. The quantitative estimate of drug-likeness (QED) is 0.206. The van der Waals surface area contributed by atoms with E-state index in [2.05, 4.69) is 0 Å². The molecule has 0 aromatic carbocycles. The summed E-state index contributed by atoms with van der Waals surface area (Å²) in [5, 5.41) is 0. The van der Waals surface area contributed by atoms with Crippen molar-refractivity contribution in [3.63, 3.8) is 0 Å². The average molecular weight is 1100 g/mol. The van der Waals surface area contributed by atoms with E-state index >= 15 is 0 Å². The normalized spacial score (nSPS) is 5.88. The van der Waals surface area contributed by atoms with Crippen molar-refractivity contribution in [2.45, 2.75) is 0 Å². The molecule has 0 saturated heterocycles. The van der Waals surface area contributed by atoms with Gasteiger partial charge in [-0.15, -0.1) is 0 Å². The van der Waals surface area contributed by atoms with Gasteiger partial charge in [0.2, 0.25) is 0 Å². The molecule has 17 heavy (non-hydrogen) atoms. The van der Waals surface area contributed by atoms with Crippen LogP contribution in [0.4, 0.5) is 0 Å². The van der Waals surface area contributed by atoms with E-state index in [1.54, 1.807) is 0 Å². The standard InChI is InChI=1S/4Bi.Ge.12O/q;;;;+4;;;;;;;;;4*-1. The second kappa shape index (κ2) is 26.8. The van der Waals surface area contributed by atoms with E-state index in [-0.39, 0.29) is 17.6 Å². The molecule has 0 fully saturated rings. The number of hydrogen-bond acceptors (Lipinski definition) is 12. The van der Waals surface area contributed by atoms with Crippen LogP contribution in [0.5, 0.6) is 0 Å². The first-order chi connectivity index (χ1) is 6.93. The van der Waals surface area contributed by atoms with Gasteiger partial charge in [-0.05, 0) is 0 Å². The van der Waals surface area contributed by atoms with Gasteiger partial charge in [0.25, 0.3) is 0 Å². The zero-order chi connectivity index (χ0) is 14.3. The summed E-state index contributed by atoms with van der Waals surface area (Å²) >= 11 is -17.4. The first-order valence-electron chi connectivity index (χ1n) is 2.19. The average Bonchev–Trinajstić information content (AvgIpc) is 1.76. The third-order valence-electron chi connectivity index (χ3n) is 0.